The topological polar surface area (TPSA) is 116 Å². The number of benzene rings is 1. The number of halogens is 1. The third-order valence-corrected chi connectivity index (χ3v) is 5.60. The van der Waals surface area contributed by atoms with Gasteiger partial charge in [-0.25, -0.2) is 4.79 Å². The zero-order valence-electron chi connectivity index (χ0n) is 14.1. The molecule has 2 heterocycles. The van der Waals surface area contributed by atoms with E-state index in [1.54, 1.807) is 43.3 Å². The number of rotatable bonds is 5. The van der Waals surface area contributed by atoms with Crippen molar-refractivity contribution in [2.24, 2.45) is 0 Å². The van der Waals surface area contributed by atoms with Crippen molar-refractivity contribution in [1.82, 2.24) is 16.0 Å². The molecule has 1 aromatic carbocycles. The summed E-state index contributed by atoms with van der Waals surface area (Å²) < 4.78 is 0.824. The van der Waals surface area contributed by atoms with Gasteiger partial charge in [0.05, 0.1) is 15.2 Å². The second kappa shape index (κ2) is 7.49. The molecule has 0 spiro atoms. The standard InChI is InChI=1S/C17H15BrN4O4S/c1-17(15(25)21-16(26)22-17)9-3-2-4-10(7-9)20-13(23)8-19-14(24)11-5-6-12(18)27-11/h2-7H,8H2,1H3,(H,19,24)(H,20,23)(H2,21,22,25,26). The van der Waals surface area contributed by atoms with Crippen LogP contribution >= 0.6 is 27.3 Å². The first kappa shape index (κ1) is 19.1. The van der Waals surface area contributed by atoms with E-state index >= 15 is 0 Å². The minimum absolute atomic E-state index is 0.201. The van der Waals surface area contributed by atoms with Gasteiger partial charge in [0, 0.05) is 5.69 Å². The molecule has 0 aliphatic carbocycles. The molecule has 1 aliphatic heterocycles. The lowest BCUT2D eigenvalue weighted by Gasteiger charge is -2.21. The van der Waals surface area contributed by atoms with Gasteiger partial charge in [0.2, 0.25) is 5.91 Å². The van der Waals surface area contributed by atoms with Gasteiger partial charge in [-0.2, -0.15) is 0 Å². The lowest BCUT2D eigenvalue weighted by Crippen LogP contribution is -2.40. The minimum atomic E-state index is -1.21. The first-order valence-electron chi connectivity index (χ1n) is 7.85. The predicted molar refractivity (Wildman–Crippen MR) is 103 cm³/mol. The summed E-state index contributed by atoms with van der Waals surface area (Å²) in [6.07, 6.45) is 0. The number of thiophene rings is 1. The van der Waals surface area contributed by atoms with E-state index in [4.69, 9.17) is 0 Å². The van der Waals surface area contributed by atoms with Crippen LogP contribution in [0.2, 0.25) is 0 Å². The maximum absolute atomic E-state index is 12.1. The van der Waals surface area contributed by atoms with E-state index in [-0.39, 0.29) is 12.5 Å². The number of carbonyl (C=O) groups excluding carboxylic acids is 4. The Hall–Kier alpha value is -2.72. The number of imide groups is 1. The van der Waals surface area contributed by atoms with Crippen molar-refractivity contribution >= 4 is 56.7 Å². The molecule has 1 aromatic heterocycles. The van der Waals surface area contributed by atoms with Crippen LogP contribution in [0.1, 0.15) is 22.2 Å². The summed E-state index contributed by atoms with van der Waals surface area (Å²) in [7, 11) is 0. The second-order valence-electron chi connectivity index (χ2n) is 5.95. The normalized spacial score (nSPS) is 18.6. The Bertz CT molecular complexity index is 945. The number of nitrogens with one attached hydrogen (secondary N) is 4. The highest BCUT2D eigenvalue weighted by Crippen LogP contribution is 2.26. The average molecular weight is 451 g/mol. The number of amides is 5. The first-order valence-corrected chi connectivity index (χ1v) is 9.46. The maximum Gasteiger partial charge on any atom is 0.322 e. The molecule has 4 N–H and O–H groups in total. The number of hydrogen-bond acceptors (Lipinski definition) is 5. The average Bonchev–Trinajstić information content (AvgIpc) is 3.16. The summed E-state index contributed by atoms with van der Waals surface area (Å²) in [5, 5.41) is 9.95. The zero-order valence-corrected chi connectivity index (χ0v) is 16.5. The number of hydrogen-bond donors (Lipinski definition) is 4. The second-order valence-corrected chi connectivity index (χ2v) is 8.41. The van der Waals surface area contributed by atoms with Crippen molar-refractivity contribution < 1.29 is 19.2 Å². The van der Waals surface area contributed by atoms with Gasteiger partial charge in [-0.3, -0.25) is 19.7 Å². The smallest absolute Gasteiger partial charge is 0.322 e. The summed E-state index contributed by atoms with van der Waals surface area (Å²) in [6, 6.07) is 9.43. The molecule has 1 saturated heterocycles. The van der Waals surface area contributed by atoms with Crippen molar-refractivity contribution in [1.29, 1.82) is 0 Å². The summed E-state index contributed by atoms with van der Waals surface area (Å²) in [5.41, 5.74) is -0.240. The summed E-state index contributed by atoms with van der Waals surface area (Å²) in [5.74, 6) is -1.22. The largest absolute Gasteiger partial charge is 0.342 e. The quantitative estimate of drug-likeness (QED) is 0.520. The van der Waals surface area contributed by atoms with Crippen LogP contribution in [0.25, 0.3) is 0 Å². The molecule has 0 radical (unpaired) electrons. The molecule has 0 bridgehead atoms. The van der Waals surface area contributed by atoms with E-state index in [1.807, 2.05) is 0 Å². The summed E-state index contributed by atoms with van der Waals surface area (Å²) >= 11 is 4.54. The Balaban J connectivity index is 1.62. The number of anilines is 1. The fourth-order valence-corrected chi connectivity index (χ4v) is 3.85. The van der Waals surface area contributed by atoms with Gasteiger partial charge < -0.3 is 16.0 Å². The van der Waals surface area contributed by atoms with Gasteiger partial charge in [-0.05, 0) is 52.7 Å². The van der Waals surface area contributed by atoms with Crippen LogP contribution in [0.5, 0.6) is 0 Å². The van der Waals surface area contributed by atoms with Gasteiger partial charge in [0.25, 0.3) is 11.8 Å². The molecule has 1 atom stereocenters. The van der Waals surface area contributed by atoms with E-state index < -0.39 is 23.4 Å². The fraction of sp³-hybridized carbons (Fsp3) is 0.176. The fourth-order valence-electron chi connectivity index (χ4n) is 2.54. The molecular weight excluding hydrogens is 436 g/mol. The Labute approximate surface area is 166 Å². The van der Waals surface area contributed by atoms with Gasteiger partial charge in [-0.15, -0.1) is 11.3 Å². The Morgan fingerprint density at radius 2 is 2.00 bits per heavy atom. The van der Waals surface area contributed by atoms with Gasteiger partial charge in [0.15, 0.2) is 0 Å². The van der Waals surface area contributed by atoms with Gasteiger partial charge in [0.1, 0.15) is 5.54 Å². The minimum Gasteiger partial charge on any atom is -0.342 e. The van der Waals surface area contributed by atoms with Crippen molar-refractivity contribution in [2.75, 3.05) is 11.9 Å². The van der Waals surface area contributed by atoms with Crippen LogP contribution in [0.4, 0.5) is 10.5 Å². The van der Waals surface area contributed by atoms with E-state index in [2.05, 4.69) is 37.2 Å². The number of carbonyl (C=O) groups is 4. The monoisotopic (exact) mass is 450 g/mol. The predicted octanol–water partition coefficient (Wildman–Crippen LogP) is 1.93. The van der Waals surface area contributed by atoms with Crippen molar-refractivity contribution in [2.45, 2.75) is 12.5 Å². The first-order chi connectivity index (χ1) is 12.8. The molecule has 0 saturated carbocycles. The highest BCUT2D eigenvalue weighted by atomic mass is 79.9. The lowest BCUT2D eigenvalue weighted by molar-refractivity contribution is -0.123. The van der Waals surface area contributed by atoms with Crippen LogP contribution in [0.3, 0.4) is 0 Å². The molecule has 5 amide bonds. The van der Waals surface area contributed by atoms with Crippen LogP contribution in [-0.2, 0) is 15.1 Å². The molecule has 2 aromatic rings. The van der Waals surface area contributed by atoms with Crippen LogP contribution in [0.15, 0.2) is 40.2 Å². The third-order valence-electron chi connectivity index (χ3n) is 3.97. The Morgan fingerprint density at radius 3 is 2.63 bits per heavy atom. The molecule has 1 aliphatic rings. The lowest BCUT2D eigenvalue weighted by atomic mass is 9.92. The SMILES string of the molecule is CC1(c2cccc(NC(=O)CNC(=O)c3ccc(Br)s3)c2)NC(=O)NC1=O. The molecule has 3 rings (SSSR count). The zero-order chi connectivity index (χ0) is 19.6. The molecule has 10 heteroatoms. The van der Waals surface area contributed by atoms with E-state index in [0.717, 1.165) is 3.79 Å². The van der Waals surface area contributed by atoms with Crippen molar-refractivity contribution in [3.05, 3.63) is 50.6 Å². The highest BCUT2D eigenvalue weighted by Gasteiger charge is 2.43. The number of urea groups is 1. The molecule has 27 heavy (non-hydrogen) atoms. The molecule has 1 fully saturated rings. The molecule has 140 valence electrons. The van der Waals surface area contributed by atoms with E-state index in [9.17, 15) is 19.2 Å². The van der Waals surface area contributed by atoms with Crippen molar-refractivity contribution in [3.8, 4) is 0 Å². The summed E-state index contributed by atoms with van der Waals surface area (Å²) in [6.45, 7) is 1.38. The molecular formula is C17H15BrN4O4S. The van der Waals surface area contributed by atoms with Gasteiger partial charge in [-0.1, -0.05) is 12.1 Å². The highest BCUT2D eigenvalue weighted by molar-refractivity contribution is 9.11. The summed E-state index contributed by atoms with van der Waals surface area (Å²) in [4.78, 5) is 48.0. The molecule has 8 nitrogen and oxygen atoms in total. The maximum atomic E-state index is 12.1. The third kappa shape index (κ3) is 4.17. The van der Waals surface area contributed by atoms with E-state index in [0.29, 0.717) is 16.1 Å². The van der Waals surface area contributed by atoms with Crippen LogP contribution in [-0.4, -0.2) is 30.3 Å². The van der Waals surface area contributed by atoms with Crippen molar-refractivity contribution in [3.63, 3.8) is 0 Å². The van der Waals surface area contributed by atoms with Gasteiger partial charge >= 0.3 is 6.03 Å². The van der Waals surface area contributed by atoms with E-state index in [1.165, 1.54) is 11.3 Å². The Morgan fingerprint density at radius 1 is 1.22 bits per heavy atom. The molecule has 1 unspecified atom stereocenters. The Kier molecular flexibility index (Phi) is 5.29. The van der Waals surface area contributed by atoms with Crippen LogP contribution in [0, 0.1) is 0 Å². The van der Waals surface area contributed by atoms with Crippen LogP contribution < -0.4 is 21.3 Å².